The number of urea groups is 1. The number of ether oxygens (including phenoxy) is 1. The van der Waals surface area contributed by atoms with Crippen molar-refractivity contribution in [2.75, 3.05) is 25.0 Å². The first-order valence-electron chi connectivity index (χ1n) is 7.43. The Bertz CT molecular complexity index is 754. The van der Waals surface area contributed by atoms with E-state index in [-0.39, 0.29) is 17.7 Å². The Morgan fingerprint density at radius 3 is 3.00 bits per heavy atom. The number of pyridine rings is 1. The highest BCUT2D eigenvalue weighted by atomic mass is 32.1. The summed E-state index contributed by atoms with van der Waals surface area (Å²) in [4.78, 5) is 27.5. The second-order valence-electron chi connectivity index (χ2n) is 5.54. The molecule has 3 rings (SSSR count). The van der Waals surface area contributed by atoms with Crippen LogP contribution in [0.1, 0.15) is 16.5 Å². The first-order valence-corrected chi connectivity index (χ1v) is 8.31. The minimum Gasteiger partial charge on any atom is -0.369 e. The lowest BCUT2D eigenvalue weighted by Crippen LogP contribution is -2.45. The number of hydrogen-bond donors (Lipinski definition) is 1. The summed E-state index contributed by atoms with van der Waals surface area (Å²) in [6.07, 6.45) is 1.59. The summed E-state index contributed by atoms with van der Waals surface area (Å²) < 4.78 is 7.20. The van der Waals surface area contributed by atoms with Crippen LogP contribution in [0.15, 0.2) is 34.6 Å². The van der Waals surface area contributed by atoms with Gasteiger partial charge in [0.05, 0.1) is 13.2 Å². The number of anilines is 1. The summed E-state index contributed by atoms with van der Waals surface area (Å²) in [6, 6.07) is 5.53. The van der Waals surface area contributed by atoms with Gasteiger partial charge < -0.3 is 19.5 Å². The Morgan fingerprint density at radius 2 is 2.26 bits per heavy atom. The molecule has 122 valence electrons. The van der Waals surface area contributed by atoms with Crippen molar-refractivity contribution < 1.29 is 9.53 Å². The molecule has 1 fully saturated rings. The number of hydrogen-bond acceptors (Lipinski definition) is 4. The van der Waals surface area contributed by atoms with E-state index in [2.05, 4.69) is 5.32 Å². The molecule has 1 atom stereocenters. The van der Waals surface area contributed by atoms with Crippen molar-refractivity contribution >= 4 is 23.1 Å². The lowest BCUT2D eigenvalue weighted by Gasteiger charge is -2.32. The fraction of sp³-hybridized carbons (Fsp3) is 0.375. The number of nitrogens with one attached hydrogen (secondary N) is 1. The van der Waals surface area contributed by atoms with E-state index < -0.39 is 0 Å². The lowest BCUT2D eigenvalue weighted by atomic mass is 10.2. The van der Waals surface area contributed by atoms with Crippen LogP contribution in [-0.2, 0) is 11.8 Å². The third kappa shape index (κ3) is 3.30. The van der Waals surface area contributed by atoms with E-state index in [1.807, 2.05) is 30.5 Å². The predicted octanol–water partition coefficient (Wildman–Crippen LogP) is 2.36. The number of thiophene rings is 1. The number of carbonyl (C=O) groups is 1. The average Bonchev–Trinajstić information content (AvgIpc) is 3.10. The number of nitrogens with zero attached hydrogens (tertiary/aromatic N) is 2. The van der Waals surface area contributed by atoms with Crippen LogP contribution in [0.25, 0.3) is 0 Å². The summed E-state index contributed by atoms with van der Waals surface area (Å²) in [5.74, 6) is 0. The summed E-state index contributed by atoms with van der Waals surface area (Å²) in [5, 5.41) is 4.75. The van der Waals surface area contributed by atoms with Crippen molar-refractivity contribution in [3.05, 3.63) is 50.6 Å². The van der Waals surface area contributed by atoms with Crippen molar-refractivity contribution in [3.8, 4) is 0 Å². The van der Waals surface area contributed by atoms with Crippen molar-refractivity contribution in [2.45, 2.75) is 13.0 Å². The quantitative estimate of drug-likeness (QED) is 0.918. The second-order valence-corrected chi connectivity index (χ2v) is 6.52. The first-order chi connectivity index (χ1) is 11.1. The Kier molecular flexibility index (Phi) is 4.49. The average molecular weight is 333 g/mol. The summed E-state index contributed by atoms with van der Waals surface area (Å²) in [7, 11) is 1.67. The summed E-state index contributed by atoms with van der Waals surface area (Å²) in [5.41, 5.74) is 0.880. The van der Waals surface area contributed by atoms with Gasteiger partial charge in [-0.15, -0.1) is 11.3 Å². The largest absolute Gasteiger partial charge is 0.369 e. The number of aromatic nitrogens is 1. The molecule has 23 heavy (non-hydrogen) atoms. The monoisotopic (exact) mass is 333 g/mol. The summed E-state index contributed by atoms with van der Waals surface area (Å²) in [6.45, 7) is 3.30. The molecule has 1 aliphatic heterocycles. The molecular weight excluding hydrogens is 314 g/mol. The van der Waals surface area contributed by atoms with E-state index in [0.29, 0.717) is 25.4 Å². The maximum atomic E-state index is 12.5. The van der Waals surface area contributed by atoms with Gasteiger partial charge in [0.1, 0.15) is 11.8 Å². The molecule has 1 aliphatic rings. The van der Waals surface area contributed by atoms with Crippen LogP contribution in [0.2, 0.25) is 0 Å². The van der Waals surface area contributed by atoms with Crippen LogP contribution in [0.5, 0.6) is 0 Å². The predicted molar refractivity (Wildman–Crippen MR) is 90.0 cm³/mol. The van der Waals surface area contributed by atoms with Crippen molar-refractivity contribution in [2.24, 2.45) is 7.05 Å². The Hall–Kier alpha value is -2.12. The molecule has 0 aromatic carbocycles. The van der Waals surface area contributed by atoms with Gasteiger partial charge in [0, 0.05) is 24.7 Å². The van der Waals surface area contributed by atoms with Gasteiger partial charge in [0.2, 0.25) is 0 Å². The molecule has 6 nitrogen and oxygen atoms in total. The summed E-state index contributed by atoms with van der Waals surface area (Å²) >= 11 is 1.62. The van der Waals surface area contributed by atoms with E-state index >= 15 is 0 Å². The molecule has 3 heterocycles. The number of morpholine rings is 1. The van der Waals surface area contributed by atoms with Gasteiger partial charge in [-0.2, -0.15) is 0 Å². The Labute approximate surface area is 138 Å². The minimum absolute atomic E-state index is 0.103. The fourth-order valence-corrected chi connectivity index (χ4v) is 3.30. The topological polar surface area (TPSA) is 63.6 Å². The van der Waals surface area contributed by atoms with Gasteiger partial charge in [-0.05, 0) is 30.0 Å². The molecule has 0 bridgehead atoms. The lowest BCUT2D eigenvalue weighted by molar-refractivity contribution is -0.0116. The molecule has 7 heteroatoms. The van der Waals surface area contributed by atoms with Crippen LogP contribution >= 0.6 is 11.3 Å². The number of carbonyl (C=O) groups excluding carboxylic acids is 1. The first kappa shape index (κ1) is 15.8. The standard InChI is InChI=1S/C16H19N3O3S/c1-11-5-6-18(2)15(20)14(11)17-16(21)19-7-8-22-12(10-19)13-4-3-9-23-13/h3-6,9,12H,7-8,10H2,1-2H3,(H,17,21). The highest BCUT2D eigenvalue weighted by Gasteiger charge is 2.26. The third-order valence-corrected chi connectivity index (χ3v) is 4.89. The normalized spacial score (nSPS) is 18.0. The maximum Gasteiger partial charge on any atom is 0.322 e. The van der Waals surface area contributed by atoms with Crippen molar-refractivity contribution in [1.29, 1.82) is 0 Å². The molecule has 1 unspecified atom stereocenters. The van der Waals surface area contributed by atoms with Gasteiger partial charge in [-0.1, -0.05) is 6.07 Å². The van der Waals surface area contributed by atoms with Crippen LogP contribution < -0.4 is 10.9 Å². The van der Waals surface area contributed by atoms with E-state index in [0.717, 1.165) is 10.4 Å². The zero-order valence-corrected chi connectivity index (χ0v) is 13.9. The van der Waals surface area contributed by atoms with E-state index in [1.165, 1.54) is 4.57 Å². The van der Waals surface area contributed by atoms with Crippen molar-refractivity contribution in [3.63, 3.8) is 0 Å². The molecule has 0 aliphatic carbocycles. The van der Waals surface area contributed by atoms with Crippen LogP contribution in [0.4, 0.5) is 10.5 Å². The minimum atomic E-state index is -0.263. The molecule has 1 saturated heterocycles. The smallest absolute Gasteiger partial charge is 0.322 e. The number of rotatable bonds is 2. The number of amides is 2. The molecule has 0 spiro atoms. The van der Waals surface area contributed by atoms with Gasteiger partial charge in [-0.3, -0.25) is 4.79 Å². The van der Waals surface area contributed by atoms with Crippen LogP contribution in [0.3, 0.4) is 0 Å². The molecular formula is C16H19N3O3S. The Morgan fingerprint density at radius 1 is 1.43 bits per heavy atom. The molecule has 2 aromatic rings. The van der Waals surface area contributed by atoms with Gasteiger partial charge in [0.25, 0.3) is 5.56 Å². The van der Waals surface area contributed by atoms with Gasteiger partial charge >= 0.3 is 6.03 Å². The highest BCUT2D eigenvalue weighted by molar-refractivity contribution is 7.10. The van der Waals surface area contributed by atoms with E-state index in [9.17, 15) is 9.59 Å². The van der Waals surface area contributed by atoms with Crippen LogP contribution in [-0.4, -0.2) is 35.2 Å². The van der Waals surface area contributed by atoms with Crippen molar-refractivity contribution in [1.82, 2.24) is 9.47 Å². The Balaban J connectivity index is 1.74. The fourth-order valence-electron chi connectivity index (χ4n) is 2.54. The SMILES string of the molecule is Cc1ccn(C)c(=O)c1NC(=O)N1CCOC(c2cccs2)C1. The molecule has 0 saturated carbocycles. The molecule has 2 amide bonds. The van der Waals surface area contributed by atoms with E-state index in [4.69, 9.17) is 4.74 Å². The maximum absolute atomic E-state index is 12.5. The second kappa shape index (κ2) is 6.55. The van der Waals surface area contributed by atoms with E-state index in [1.54, 1.807) is 29.5 Å². The zero-order valence-electron chi connectivity index (χ0n) is 13.1. The van der Waals surface area contributed by atoms with Crippen LogP contribution in [0, 0.1) is 6.92 Å². The molecule has 2 aromatic heterocycles. The highest BCUT2D eigenvalue weighted by Crippen LogP contribution is 2.26. The number of aryl methyl sites for hydroxylation is 2. The third-order valence-electron chi connectivity index (χ3n) is 3.92. The molecule has 0 radical (unpaired) electrons. The van der Waals surface area contributed by atoms with Gasteiger partial charge in [0.15, 0.2) is 0 Å². The van der Waals surface area contributed by atoms with Gasteiger partial charge in [-0.25, -0.2) is 4.79 Å². The zero-order chi connectivity index (χ0) is 16.4. The molecule has 1 N–H and O–H groups in total.